The second-order valence-electron chi connectivity index (χ2n) is 14.2. The number of phenolic OH excluding ortho intramolecular Hbond substituents is 1. The van der Waals surface area contributed by atoms with Crippen molar-refractivity contribution in [2.24, 2.45) is 28.1 Å². The van der Waals surface area contributed by atoms with Gasteiger partial charge in [0.2, 0.25) is 5.78 Å². The number of benzene rings is 1. The van der Waals surface area contributed by atoms with Gasteiger partial charge in [0.1, 0.15) is 22.8 Å². The van der Waals surface area contributed by atoms with Gasteiger partial charge in [-0.25, -0.2) is 0 Å². The van der Waals surface area contributed by atoms with Crippen LogP contribution < -0.4 is 0 Å². The van der Waals surface area contributed by atoms with Gasteiger partial charge in [0, 0.05) is 28.7 Å². The number of aliphatic hydroxyl groups is 3. The Morgan fingerprint density at radius 2 is 1.64 bits per heavy atom. The summed E-state index contributed by atoms with van der Waals surface area (Å²) in [6.45, 7) is 16.6. The molecule has 1 fully saturated rings. The standard InChI is InChI=1S/C32H42O7/c1-15(2)17-10-11-19(33)21-18(17)12-30(8)14-31(9)23(16(3)4)26(36)22(20(34)13-29(5,6)7)27(37)32(31,39)28(38)24(30)25(21)35/h10-11,15-16,23,33,35,37,39H,12-14H2,1-9H3/t23?,30-,31-,32+/m1/s1. The van der Waals surface area contributed by atoms with Crippen molar-refractivity contribution in [3.8, 4) is 5.75 Å². The van der Waals surface area contributed by atoms with Crippen LogP contribution >= 0.6 is 0 Å². The molecule has 0 saturated heterocycles. The van der Waals surface area contributed by atoms with E-state index < -0.39 is 62.2 Å². The molecule has 0 amide bonds. The van der Waals surface area contributed by atoms with Crippen LogP contribution in [0.1, 0.15) is 97.8 Å². The minimum absolute atomic E-state index is 0.0607. The number of fused-ring (bicyclic) bond motifs is 3. The van der Waals surface area contributed by atoms with Crippen LogP contribution in [0, 0.1) is 28.1 Å². The third kappa shape index (κ3) is 3.91. The summed E-state index contributed by atoms with van der Waals surface area (Å²) in [5, 5.41) is 46.2. The SMILES string of the molecule is CC(C)c1ccc(O)c2c1C[C@]1(C)C[C@]3(C)C(C(C)C)C(=O)C(C(=O)CC(C)(C)C)=C(O)[C@]3(O)C(=O)C1=C2O. The Kier molecular flexibility index (Phi) is 6.55. The minimum atomic E-state index is -2.61. The van der Waals surface area contributed by atoms with Gasteiger partial charge >= 0.3 is 0 Å². The van der Waals surface area contributed by atoms with Crippen molar-refractivity contribution in [3.63, 3.8) is 0 Å². The number of Topliss-reactive ketones (excluding diaryl/α,β-unsaturated/α-hetero) is 3. The summed E-state index contributed by atoms with van der Waals surface area (Å²) in [5.74, 6) is -4.90. The zero-order valence-corrected chi connectivity index (χ0v) is 24.5. The van der Waals surface area contributed by atoms with Gasteiger partial charge in [0.15, 0.2) is 17.2 Å². The first kappa shape index (κ1) is 29.1. The van der Waals surface area contributed by atoms with E-state index in [2.05, 4.69) is 0 Å². The zero-order valence-electron chi connectivity index (χ0n) is 24.5. The molecule has 1 unspecified atom stereocenters. The van der Waals surface area contributed by atoms with Crippen LogP contribution in [0.3, 0.4) is 0 Å². The highest BCUT2D eigenvalue weighted by Crippen LogP contribution is 2.65. The predicted octanol–water partition coefficient (Wildman–Crippen LogP) is 5.73. The van der Waals surface area contributed by atoms with Crippen molar-refractivity contribution in [1.29, 1.82) is 0 Å². The van der Waals surface area contributed by atoms with Crippen LogP contribution in [0.15, 0.2) is 29.0 Å². The Hall–Kier alpha value is -2.93. The summed E-state index contributed by atoms with van der Waals surface area (Å²) in [7, 11) is 0. The molecule has 1 aromatic carbocycles. The molecule has 0 spiro atoms. The van der Waals surface area contributed by atoms with Gasteiger partial charge in [-0.05, 0) is 47.3 Å². The average molecular weight is 539 g/mol. The van der Waals surface area contributed by atoms with Crippen LogP contribution in [0.2, 0.25) is 0 Å². The number of rotatable bonds is 4. The number of phenols is 1. The average Bonchev–Trinajstić information content (AvgIpc) is 2.74. The Balaban J connectivity index is 2.06. The smallest absolute Gasteiger partial charge is 0.203 e. The van der Waals surface area contributed by atoms with Crippen molar-refractivity contribution in [1.82, 2.24) is 0 Å². The van der Waals surface area contributed by atoms with E-state index in [1.165, 1.54) is 6.07 Å². The fourth-order valence-corrected chi connectivity index (χ4v) is 7.78. The molecular weight excluding hydrogens is 496 g/mol. The maximum atomic E-state index is 14.4. The number of hydrogen-bond donors (Lipinski definition) is 4. The fraction of sp³-hybridized carbons (Fsp3) is 0.594. The number of hydrogen-bond acceptors (Lipinski definition) is 7. The molecule has 3 aliphatic carbocycles. The lowest BCUT2D eigenvalue weighted by Crippen LogP contribution is -2.69. The van der Waals surface area contributed by atoms with E-state index in [0.717, 1.165) is 11.1 Å². The molecule has 4 atom stereocenters. The maximum Gasteiger partial charge on any atom is 0.203 e. The van der Waals surface area contributed by atoms with Crippen molar-refractivity contribution < 1.29 is 34.8 Å². The number of carbonyl (C=O) groups excluding carboxylic acids is 3. The Morgan fingerprint density at radius 3 is 2.15 bits per heavy atom. The molecule has 4 N–H and O–H groups in total. The largest absolute Gasteiger partial charge is 0.508 e. The first-order chi connectivity index (χ1) is 17.7. The third-order valence-electron chi connectivity index (χ3n) is 9.16. The molecule has 7 heteroatoms. The molecule has 0 aromatic heterocycles. The molecule has 7 nitrogen and oxygen atoms in total. The number of aliphatic hydroxyl groups excluding tert-OH is 2. The van der Waals surface area contributed by atoms with Gasteiger partial charge in [-0.3, -0.25) is 14.4 Å². The number of ketones is 3. The molecule has 0 radical (unpaired) electrons. The first-order valence-corrected chi connectivity index (χ1v) is 13.8. The number of aromatic hydroxyl groups is 1. The zero-order chi connectivity index (χ0) is 29.6. The molecule has 212 valence electrons. The Labute approximate surface area is 230 Å². The summed E-state index contributed by atoms with van der Waals surface area (Å²) in [4.78, 5) is 41.8. The van der Waals surface area contributed by atoms with Gasteiger partial charge < -0.3 is 20.4 Å². The highest BCUT2D eigenvalue weighted by molar-refractivity contribution is 6.25. The van der Waals surface area contributed by atoms with E-state index in [9.17, 15) is 34.8 Å². The highest BCUT2D eigenvalue weighted by atomic mass is 16.3. The van der Waals surface area contributed by atoms with Gasteiger partial charge in [-0.15, -0.1) is 0 Å². The Morgan fingerprint density at radius 1 is 1.05 bits per heavy atom. The van der Waals surface area contributed by atoms with Gasteiger partial charge in [-0.2, -0.15) is 0 Å². The van der Waals surface area contributed by atoms with Gasteiger partial charge in [0.05, 0.1) is 5.56 Å². The molecule has 4 rings (SSSR count). The summed E-state index contributed by atoms with van der Waals surface area (Å²) in [6, 6.07) is 3.29. The summed E-state index contributed by atoms with van der Waals surface area (Å²) < 4.78 is 0. The fourth-order valence-electron chi connectivity index (χ4n) is 7.78. The Bertz CT molecular complexity index is 1350. The lowest BCUT2D eigenvalue weighted by Gasteiger charge is -2.60. The van der Waals surface area contributed by atoms with Crippen molar-refractivity contribution in [2.75, 3.05) is 0 Å². The molecule has 1 aromatic rings. The topological polar surface area (TPSA) is 132 Å². The van der Waals surface area contributed by atoms with Crippen LogP contribution in [-0.2, 0) is 20.8 Å². The number of carbonyl (C=O) groups is 3. The summed E-state index contributed by atoms with van der Waals surface area (Å²) in [6.07, 6.45) is 0.322. The second kappa shape index (κ2) is 8.79. The van der Waals surface area contributed by atoms with Crippen LogP contribution in [0.5, 0.6) is 5.75 Å². The number of allylic oxidation sites excluding steroid dienone is 1. The predicted molar refractivity (Wildman–Crippen MR) is 148 cm³/mol. The van der Waals surface area contributed by atoms with E-state index in [4.69, 9.17) is 0 Å². The molecular formula is C32H42O7. The monoisotopic (exact) mass is 538 g/mol. The molecule has 0 heterocycles. The molecule has 3 aliphatic rings. The lowest BCUT2D eigenvalue weighted by atomic mass is 9.43. The molecule has 39 heavy (non-hydrogen) atoms. The quantitative estimate of drug-likeness (QED) is 0.360. The molecule has 1 saturated carbocycles. The van der Waals surface area contributed by atoms with Crippen molar-refractivity contribution >= 4 is 23.1 Å². The van der Waals surface area contributed by atoms with Crippen LogP contribution in [0.4, 0.5) is 0 Å². The van der Waals surface area contributed by atoms with E-state index in [1.54, 1.807) is 6.92 Å². The van der Waals surface area contributed by atoms with Gasteiger partial charge in [-0.1, -0.05) is 68.4 Å². The summed E-state index contributed by atoms with van der Waals surface area (Å²) in [5.41, 5.74) is -4.41. The highest BCUT2D eigenvalue weighted by Gasteiger charge is 2.72. The van der Waals surface area contributed by atoms with E-state index >= 15 is 0 Å². The van der Waals surface area contributed by atoms with E-state index in [-0.39, 0.29) is 41.6 Å². The van der Waals surface area contributed by atoms with Crippen LogP contribution in [-0.4, -0.2) is 43.4 Å². The minimum Gasteiger partial charge on any atom is -0.508 e. The van der Waals surface area contributed by atoms with Crippen LogP contribution in [0.25, 0.3) is 5.76 Å². The van der Waals surface area contributed by atoms with E-state index in [0.29, 0.717) is 6.42 Å². The lowest BCUT2D eigenvalue weighted by molar-refractivity contribution is -0.178. The van der Waals surface area contributed by atoms with Crippen molar-refractivity contribution in [3.05, 3.63) is 45.7 Å². The van der Waals surface area contributed by atoms with Gasteiger partial charge in [0.25, 0.3) is 0 Å². The maximum absolute atomic E-state index is 14.4. The molecule has 0 bridgehead atoms. The second-order valence-corrected chi connectivity index (χ2v) is 14.2. The normalized spacial score (nSPS) is 31.0. The first-order valence-electron chi connectivity index (χ1n) is 13.8. The third-order valence-corrected chi connectivity index (χ3v) is 9.16. The molecule has 0 aliphatic heterocycles. The van der Waals surface area contributed by atoms with E-state index in [1.807, 2.05) is 61.5 Å². The summed E-state index contributed by atoms with van der Waals surface area (Å²) >= 11 is 0. The van der Waals surface area contributed by atoms with Crippen molar-refractivity contribution in [2.45, 2.75) is 93.1 Å².